The molecule has 2 rings (SSSR count). The van der Waals surface area contributed by atoms with E-state index in [1.165, 1.54) is 25.7 Å². The van der Waals surface area contributed by atoms with Gasteiger partial charge in [-0.3, -0.25) is 4.79 Å². The summed E-state index contributed by atoms with van der Waals surface area (Å²) < 4.78 is 0. The number of carbonyl (C=O) groups is 1. The molecule has 2 unspecified atom stereocenters. The van der Waals surface area contributed by atoms with Crippen molar-refractivity contribution in [1.82, 2.24) is 10.6 Å². The van der Waals surface area contributed by atoms with Crippen LogP contribution in [0, 0.1) is 5.92 Å². The molecule has 1 aromatic carbocycles. The zero-order chi connectivity index (χ0) is 16.7. The van der Waals surface area contributed by atoms with Crippen LogP contribution in [0.2, 0.25) is 0 Å². The molecular weight excluding hydrogens is 288 g/mol. The van der Waals surface area contributed by atoms with Crippen molar-refractivity contribution in [2.45, 2.75) is 58.1 Å². The van der Waals surface area contributed by atoms with E-state index in [9.17, 15) is 9.90 Å². The van der Waals surface area contributed by atoms with Crippen LogP contribution in [0.25, 0.3) is 0 Å². The number of carbonyl (C=O) groups excluding carboxylic acids is 1. The van der Waals surface area contributed by atoms with Crippen molar-refractivity contribution in [2.75, 3.05) is 13.1 Å². The Morgan fingerprint density at radius 3 is 2.48 bits per heavy atom. The normalized spacial score (nSPS) is 17.9. The van der Waals surface area contributed by atoms with E-state index in [0.717, 1.165) is 12.0 Å². The number of hydrogen-bond acceptors (Lipinski definition) is 3. The van der Waals surface area contributed by atoms with Crippen LogP contribution in [0.5, 0.6) is 0 Å². The van der Waals surface area contributed by atoms with Gasteiger partial charge in [-0.15, -0.1) is 0 Å². The van der Waals surface area contributed by atoms with Crippen LogP contribution < -0.4 is 10.6 Å². The van der Waals surface area contributed by atoms with Crippen molar-refractivity contribution in [3.05, 3.63) is 35.4 Å². The SMILES string of the molecule is CCC(C)CNC(=O)c1ccc(C(O)CNC2CCCC2)cc1. The summed E-state index contributed by atoms with van der Waals surface area (Å²) in [6.07, 6.45) is 5.53. The fraction of sp³-hybridized carbons (Fsp3) is 0.632. The van der Waals surface area contributed by atoms with Gasteiger partial charge in [0, 0.05) is 24.7 Å². The monoisotopic (exact) mass is 318 g/mol. The molecule has 1 saturated carbocycles. The molecular formula is C19H30N2O2. The van der Waals surface area contributed by atoms with E-state index in [-0.39, 0.29) is 5.91 Å². The molecule has 0 saturated heterocycles. The minimum atomic E-state index is -0.521. The Morgan fingerprint density at radius 1 is 1.22 bits per heavy atom. The van der Waals surface area contributed by atoms with E-state index in [1.54, 1.807) is 12.1 Å². The molecule has 1 aliphatic rings. The second kappa shape index (κ2) is 9.04. The Balaban J connectivity index is 1.81. The second-order valence-corrected chi connectivity index (χ2v) is 6.75. The summed E-state index contributed by atoms with van der Waals surface area (Å²) in [6.45, 7) is 5.51. The van der Waals surface area contributed by atoms with Crippen molar-refractivity contribution >= 4 is 5.91 Å². The number of hydrogen-bond donors (Lipinski definition) is 3. The molecule has 1 fully saturated rings. The van der Waals surface area contributed by atoms with Gasteiger partial charge in [-0.05, 0) is 36.5 Å². The van der Waals surface area contributed by atoms with E-state index in [2.05, 4.69) is 24.5 Å². The van der Waals surface area contributed by atoms with Gasteiger partial charge in [-0.1, -0.05) is 45.2 Å². The molecule has 0 radical (unpaired) electrons. The first-order chi connectivity index (χ1) is 11.1. The lowest BCUT2D eigenvalue weighted by Gasteiger charge is -2.16. The Kier molecular flexibility index (Phi) is 7.06. The maximum atomic E-state index is 12.1. The first kappa shape index (κ1) is 18.0. The van der Waals surface area contributed by atoms with Crippen molar-refractivity contribution in [1.29, 1.82) is 0 Å². The first-order valence-corrected chi connectivity index (χ1v) is 8.89. The highest BCUT2D eigenvalue weighted by Crippen LogP contribution is 2.19. The lowest BCUT2D eigenvalue weighted by Crippen LogP contribution is -2.30. The summed E-state index contributed by atoms with van der Waals surface area (Å²) in [6, 6.07) is 7.83. The van der Waals surface area contributed by atoms with Crippen LogP contribution in [0.3, 0.4) is 0 Å². The van der Waals surface area contributed by atoms with Gasteiger partial charge in [0.25, 0.3) is 5.91 Å². The predicted molar refractivity (Wildman–Crippen MR) is 93.4 cm³/mol. The molecule has 0 heterocycles. The summed E-state index contributed by atoms with van der Waals surface area (Å²) in [7, 11) is 0. The van der Waals surface area contributed by atoms with Gasteiger partial charge in [0.1, 0.15) is 0 Å². The summed E-state index contributed by atoms with van der Waals surface area (Å²) in [5.74, 6) is 0.442. The number of benzene rings is 1. The summed E-state index contributed by atoms with van der Waals surface area (Å²) in [4.78, 5) is 12.1. The molecule has 0 aliphatic heterocycles. The fourth-order valence-electron chi connectivity index (χ4n) is 2.90. The van der Waals surface area contributed by atoms with Crippen LogP contribution in [-0.4, -0.2) is 30.1 Å². The predicted octanol–water partition coefficient (Wildman–Crippen LogP) is 3.03. The molecule has 1 amide bonds. The van der Waals surface area contributed by atoms with E-state index in [1.807, 2.05) is 12.1 Å². The highest BCUT2D eigenvalue weighted by atomic mass is 16.3. The van der Waals surface area contributed by atoms with Crippen molar-refractivity contribution in [3.63, 3.8) is 0 Å². The van der Waals surface area contributed by atoms with Crippen molar-refractivity contribution < 1.29 is 9.90 Å². The van der Waals surface area contributed by atoms with Gasteiger partial charge in [0.2, 0.25) is 0 Å². The molecule has 0 bridgehead atoms. The number of aliphatic hydroxyl groups is 1. The van der Waals surface area contributed by atoms with Gasteiger partial charge >= 0.3 is 0 Å². The second-order valence-electron chi connectivity index (χ2n) is 6.75. The van der Waals surface area contributed by atoms with Crippen LogP contribution in [0.1, 0.15) is 68.0 Å². The largest absolute Gasteiger partial charge is 0.387 e. The number of nitrogens with one attached hydrogen (secondary N) is 2. The van der Waals surface area contributed by atoms with E-state index in [4.69, 9.17) is 0 Å². The average Bonchev–Trinajstić information content (AvgIpc) is 3.10. The summed E-state index contributed by atoms with van der Waals surface area (Å²) in [5.41, 5.74) is 1.50. The molecule has 4 heteroatoms. The van der Waals surface area contributed by atoms with Gasteiger partial charge < -0.3 is 15.7 Å². The van der Waals surface area contributed by atoms with Gasteiger partial charge in [-0.25, -0.2) is 0 Å². The summed E-state index contributed by atoms with van der Waals surface area (Å²) >= 11 is 0. The van der Waals surface area contributed by atoms with Crippen molar-refractivity contribution in [3.8, 4) is 0 Å². The maximum Gasteiger partial charge on any atom is 0.251 e. The van der Waals surface area contributed by atoms with E-state index >= 15 is 0 Å². The van der Waals surface area contributed by atoms with Crippen LogP contribution >= 0.6 is 0 Å². The smallest absolute Gasteiger partial charge is 0.251 e. The van der Waals surface area contributed by atoms with Gasteiger partial charge in [0.15, 0.2) is 0 Å². The Labute approximate surface area is 139 Å². The van der Waals surface area contributed by atoms with Gasteiger partial charge in [-0.2, -0.15) is 0 Å². The number of amides is 1. The maximum absolute atomic E-state index is 12.1. The highest BCUT2D eigenvalue weighted by Gasteiger charge is 2.16. The molecule has 4 nitrogen and oxygen atoms in total. The minimum Gasteiger partial charge on any atom is -0.387 e. The molecule has 3 N–H and O–H groups in total. The molecule has 0 spiro atoms. The van der Waals surface area contributed by atoms with Gasteiger partial charge in [0.05, 0.1) is 6.10 Å². The summed E-state index contributed by atoms with van der Waals surface area (Å²) in [5, 5.41) is 16.6. The van der Waals surface area contributed by atoms with Crippen LogP contribution in [-0.2, 0) is 0 Å². The quantitative estimate of drug-likeness (QED) is 0.690. The number of rotatable bonds is 8. The minimum absolute atomic E-state index is 0.0459. The zero-order valence-electron chi connectivity index (χ0n) is 14.3. The molecule has 1 aliphatic carbocycles. The first-order valence-electron chi connectivity index (χ1n) is 8.89. The molecule has 0 aromatic heterocycles. The fourth-order valence-corrected chi connectivity index (χ4v) is 2.90. The van der Waals surface area contributed by atoms with Crippen LogP contribution in [0.15, 0.2) is 24.3 Å². The molecule has 2 atom stereocenters. The highest BCUT2D eigenvalue weighted by molar-refractivity contribution is 5.94. The lowest BCUT2D eigenvalue weighted by molar-refractivity contribution is 0.0947. The Hall–Kier alpha value is -1.39. The molecule has 1 aromatic rings. The van der Waals surface area contributed by atoms with E-state index < -0.39 is 6.10 Å². The van der Waals surface area contributed by atoms with E-state index in [0.29, 0.717) is 30.6 Å². The number of aliphatic hydroxyl groups excluding tert-OH is 1. The lowest BCUT2D eigenvalue weighted by atomic mass is 10.1. The molecule has 128 valence electrons. The third-order valence-corrected chi connectivity index (χ3v) is 4.82. The third-order valence-electron chi connectivity index (χ3n) is 4.82. The molecule has 23 heavy (non-hydrogen) atoms. The Morgan fingerprint density at radius 2 is 1.87 bits per heavy atom. The topological polar surface area (TPSA) is 61.4 Å². The Bertz CT molecular complexity index is 481. The standard InChI is InChI=1S/C19H30N2O2/c1-3-14(2)12-21-19(23)16-10-8-15(9-11-16)18(22)13-20-17-6-4-5-7-17/h8-11,14,17-18,20,22H,3-7,12-13H2,1-2H3,(H,21,23). The third kappa shape index (κ3) is 5.63. The van der Waals surface area contributed by atoms with Crippen LogP contribution in [0.4, 0.5) is 0 Å². The zero-order valence-corrected chi connectivity index (χ0v) is 14.3. The average molecular weight is 318 g/mol. The van der Waals surface area contributed by atoms with Crippen molar-refractivity contribution in [2.24, 2.45) is 5.92 Å².